The summed E-state index contributed by atoms with van der Waals surface area (Å²) in [4.78, 5) is 39.3. The van der Waals surface area contributed by atoms with E-state index < -0.39 is 29.7 Å². The van der Waals surface area contributed by atoms with Crippen molar-refractivity contribution in [3.8, 4) is 0 Å². The van der Waals surface area contributed by atoms with E-state index in [9.17, 15) is 27.6 Å². The Bertz CT molecular complexity index is 815. The molecule has 4 amide bonds. The fourth-order valence-electron chi connectivity index (χ4n) is 3.96. The van der Waals surface area contributed by atoms with E-state index in [2.05, 4.69) is 5.32 Å². The van der Waals surface area contributed by atoms with Gasteiger partial charge in [0.25, 0.3) is 0 Å². The largest absolute Gasteiger partial charge is 0.416 e. The number of benzene rings is 1. The van der Waals surface area contributed by atoms with Gasteiger partial charge in [0.1, 0.15) is 0 Å². The summed E-state index contributed by atoms with van der Waals surface area (Å²) < 4.78 is 39.5. The number of urea groups is 1. The van der Waals surface area contributed by atoms with Crippen molar-refractivity contribution in [2.75, 3.05) is 26.2 Å². The third kappa shape index (κ3) is 5.22. The zero-order chi connectivity index (χ0) is 21.9. The number of hydrogen-bond acceptors (Lipinski definition) is 3. The van der Waals surface area contributed by atoms with Gasteiger partial charge in [0, 0.05) is 32.6 Å². The summed E-state index contributed by atoms with van der Waals surface area (Å²) in [5.41, 5.74) is 4.77. The number of halogens is 3. The van der Waals surface area contributed by atoms with Crippen LogP contribution in [-0.2, 0) is 15.8 Å². The summed E-state index contributed by atoms with van der Waals surface area (Å²) in [5, 5.41) is 2.81. The summed E-state index contributed by atoms with van der Waals surface area (Å²) in [6.07, 6.45) is -2.29. The Morgan fingerprint density at radius 1 is 1.23 bits per heavy atom. The fourth-order valence-corrected chi connectivity index (χ4v) is 3.96. The average molecular weight is 426 g/mol. The number of amides is 4. The molecule has 1 aromatic rings. The summed E-state index contributed by atoms with van der Waals surface area (Å²) in [6.45, 7) is 1.23. The molecule has 0 aromatic heterocycles. The Balaban J connectivity index is 1.80. The van der Waals surface area contributed by atoms with Gasteiger partial charge in [-0.15, -0.1) is 0 Å². The summed E-state index contributed by atoms with van der Waals surface area (Å²) in [7, 11) is 0. The van der Waals surface area contributed by atoms with Crippen LogP contribution in [-0.4, -0.2) is 53.8 Å². The first-order chi connectivity index (χ1) is 14.1. The van der Waals surface area contributed by atoms with Crippen molar-refractivity contribution in [2.45, 2.75) is 37.9 Å². The molecule has 2 fully saturated rings. The van der Waals surface area contributed by atoms with E-state index in [1.165, 1.54) is 17.0 Å². The highest BCUT2D eigenvalue weighted by molar-refractivity contribution is 5.81. The third-order valence-electron chi connectivity index (χ3n) is 5.61. The van der Waals surface area contributed by atoms with Crippen molar-refractivity contribution in [3.05, 3.63) is 35.4 Å². The lowest BCUT2D eigenvalue weighted by molar-refractivity contribution is -0.137. The quantitative estimate of drug-likeness (QED) is 0.756. The van der Waals surface area contributed by atoms with Gasteiger partial charge in [0.05, 0.1) is 17.5 Å². The molecule has 0 aliphatic carbocycles. The van der Waals surface area contributed by atoms with Gasteiger partial charge in [-0.2, -0.15) is 13.2 Å². The normalized spacial score (nSPS) is 20.9. The molecule has 2 aliphatic heterocycles. The van der Waals surface area contributed by atoms with Gasteiger partial charge in [-0.05, 0) is 37.0 Å². The van der Waals surface area contributed by atoms with Crippen LogP contribution in [0.25, 0.3) is 0 Å². The highest BCUT2D eigenvalue weighted by atomic mass is 19.4. The molecule has 30 heavy (non-hydrogen) atoms. The predicted molar refractivity (Wildman–Crippen MR) is 102 cm³/mol. The van der Waals surface area contributed by atoms with Gasteiger partial charge in [0.15, 0.2) is 0 Å². The van der Waals surface area contributed by atoms with Crippen LogP contribution >= 0.6 is 0 Å². The van der Waals surface area contributed by atoms with E-state index in [1.807, 2.05) is 0 Å². The standard InChI is InChI=1S/C20H25F3N4O3/c21-20(22,23)15-6-1-4-13(10-15)16(12-26-8-3-7-17(26)28)25-18(29)14-5-2-9-27(11-14)19(24)30/h1,4,6,10,14,16H,2-3,5,7-9,11-12H2,(H2,24,30)(H,25,29)/t14-,16-/m0/s1. The van der Waals surface area contributed by atoms with E-state index in [4.69, 9.17) is 5.73 Å². The van der Waals surface area contributed by atoms with Crippen molar-refractivity contribution in [2.24, 2.45) is 11.7 Å². The molecule has 0 radical (unpaired) electrons. The average Bonchev–Trinajstić information content (AvgIpc) is 3.11. The lowest BCUT2D eigenvalue weighted by Crippen LogP contribution is -2.48. The van der Waals surface area contributed by atoms with Crippen LogP contribution in [0, 0.1) is 5.92 Å². The monoisotopic (exact) mass is 426 g/mol. The van der Waals surface area contributed by atoms with Crippen molar-refractivity contribution in [1.29, 1.82) is 0 Å². The zero-order valence-corrected chi connectivity index (χ0v) is 16.5. The summed E-state index contributed by atoms with van der Waals surface area (Å²) in [6, 6.07) is 3.38. The van der Waals surface area contributed by atoms with E-state index in [-0.39, 0.29) is 30.5 Å². The smallest absolute Gasteiger partial charge is 0.351 e. The topological polar surface area (TPSA) is 95.7 Å². The number of piperidine rings is 1. The Kier molecular flexibility index (Phi) is 6.52. The molecular formula is C20H25F3N4O3. The van der Waals surface area contributed by atoms with Crippen LogP contribution in [0.5, 0.6) is 0 Å². The van der Waals surface area contributed by atoms with Crippen molar-refractivity contribution in [3.63, 3.8) is 0 Å². The minimum atomic E-state index is -4.51. The number of alkyl halides is 3. The Hall–Kier alpha value is -2.78. The van der Waals surface area contributed by atoms with E-state index >= 15 is 0 Å². The van der Waals surface area contributed by atoms with Gasteiger partial charge in [-0.25, -0.2) is 4.79 Å². The van der Waals surface area contributed by atoms with Crippen molar-refractivity contribution in [1.82, 2.24) is 15.1 Å². The van der Waals surface area contributed by atoms with Crippen molar-refractivity contribution < 1.29 is 27.6 Å². The number of rotatable bonds is 5. The van der Waals surface area contributed by atoms with Gasteiger partial charge in [-0.1, -0.05) is 12.1 Å². The second-order valence-corrected chi connectivity index (χ2v) is 7.75. The van der Waals surface area contributed by atoms with Crippen molar-refractivity contribution >= 4 is 17.8 Å². The number of carbonyl (C=O) groups is 3. The van der Waals surface area contributed by atoms with E-state index in [0.29, 0.717) is 38.8 Å². The molecule has 2 aliphatic rings. The number of nitrogens with zero attached hydrogens (tertiary/aromatic N) is 2. The van der Waals surface area contributed by atoms with Gasteiger partial charge < -0.3 is 20.9 Å². The molecular weight excluding hydrogens is 401 g/mol. The molecule has 2 atom stereocenters. The van der Waals surface area contributed by atoms with Crippen LogP contribution in [0.3, 0.4) is 0 Å². The molecule has 0 spiro atoms. The first-order valence-corrected chi connectivity index (χ1v) is 9.95. The number of hydrogen-bond donors (Lipinski definition) is 2. The number of likely N-dealkylation sites (tertiary alicyclic amines) is 2. The Morgan fingerprint density at radius 3 is 2.63 bits per heavy atom. The highest BCUT2D eigenvalue weighted by Crippen LogP contribution is 2.31. The molecule has 3 N–H and O–H groups in total. The maximum atomic E-state index is 13.2. The van der Waals surface area contributed by atoms with Gasteiger partial charge in [0.2, 0.25) is 11.8 Å². The molecule has 164 valence electrons. The van der Waals surface area contributed by atoms with Crippen LogP contribution in [0.1, 0.15) is 42.9 Å². The molecule has 7 nitrogen and oxygen atoms in total. The first-order valence-electron chi connectivity index (χ1n) is 9.95. The molecule has 10 heteroatoms. The SMILES string of the molecule is NC(=O)N1CCC[C@H](C(=O)N[C@@H](CN2CCCC2=O)c2cccc(C(F)(F)F)c2)C1. The lowest BCUT2D eigenvalue weighted by atomic mass is 9.96. The maximum absolute atomic E-state index is 13.2. The van der Waals surface area contributed by atoms with E-state index in [0.717, 1.165) is 12.1 Å². The van der Waals surface area contributed by atoms with Crippen LogP contribution in [0.15, 0.2) is 24.3 Å². The molecule has 3 rings (SSSR count). The second kappa shape index (κ2) is 8.93. The molecule has 1 aromatic carbocycles. The van der Waals surface area contributed by atoms with Crippen LogP contribution < -0.4 is 11.1 Å². The second-order valence-electron chi connectivity index (χ2n) is 7.75. The van der Waals surface area contributed by atoms with Gasteiger partial charge >= 0.3 is 12.2 Å². The summed E-state index contributed by atoms with van der Waals surface area (Å²) >= 11 is 0. The van der Waals surface area contributed by atoms with Crippen LogP contribution in [0.2, 0.25) is 0 Å². The van der Waals surface area contributed by atoms with Gasteiger partial charge in [-0.3, -0.25) is 9.59 Å². The molecule has 2 heterocycles. The number of primary amides is 1. The third-order valence-corrected chi connectivity index (χ3v) is 5.61. The minimum absolute atomic E-state index is 0.0844. The molecule has 2 saturated heterocycles. The predicted octanol–water partition coefficient (Wildman–Crippen LogP) is 2.28. The van der Waals surface area contributed by atoms with E-state index in [1.54, 1.807) is 4.90 Å². The highest BCUT2D eigenvalue weighted by Gasteiger charge is 2.33. The van der Waals surface area contributed by atoms with Crippen LogP contribution in [0.4, 0.5) is 18.0 Å². The maximum Gasteiger partial charge on any atom is 0.416 e. The zero-order valence-electron chi connectivity index (χ0n) is 16.5. The Labute approximate surface area is 172 Å². The number of nitrogens with one attached hydrogen (secondary N) is 1. The first kappa shape index (κ1) is 21.9. The number of carbonyl (C=O) groups excluding carboxylic acids is 3. The molecule has 0 unspecified atom stereocenters. The Morgan fingerprint density at radius 2 is 2.00 bits per heavy atom. The summed E-state index contributed by atoms with van der Waals surface area (Å²) in [5.74, 6) is -0.956. The lowest BCUT2D eigenvalue weighted by Gasteiger charge is -2.32. The molecule has 0 saturated carbocycles. The molecule has 0 bridgehead atoms. The number of nitrogens with two attached hydrogens (primary N) is 1. The fraction of sp³-hybridized carbons (Fsp3) is 0.550. The minimum Gasteiger partial charge on any atom is -0.351 e.